The topological polar surface area (TPSA) is 86.7 Å². The third-order valence-corrected chi connectivity index (χ3v) is 2.63. The summed E-state index contributed by atoms with van der Waals surface area (Å²) in [6.07, 6.45) is 2.40. The number of aliphatic carboxylic acids is 1. The standard InChI is InChI=1S/C11H16N2O4/c1-2-5-13-7-8(3-4-9(13)14)11(17)12-6-10(15)16/h2,8H,1,3-7H2,(H,12,17)(H,15,16)/t8-/m1/s1. The fourth-order valence-corrected chi connectivity index (χ4v) is 1.77. The average molecular weight is 240 g/mol. The Morgan fingerprint density at radius 2 is 2.29 bits per heavy atom. The van der Waals surface area contributed by atoms with E-state index < -0.39 is 5.97 Å². The van der Waals surface area contributed by atoms with Crippen LogP contribution in [0.4, 0.5) is 0 Å². The number of hydrogen-bond acceptors (Lipinski definition) is 3. The average Bonchev–Trinajstić information content (AvgIpc) is 2.29. The normalized spacial score (nSPS) is 19.9. The summed E-state index contributed by atoms with van der Waals surface area (Å²) in [4.78, 5) is 35.0. The Hall–Kier alpha value is -1.85. The van der Waals surface area contributed by atoms with Crippen LogP contribution in [0, 0.1) is 5.92 Å². The molecule has 6 heteroatoms. The molecule has 0 spiro atoms. The summed E-state index contributed by atoms with van der Waals surface area (Å²) in [5.74, 6) is -1.71. The van der Waals surface area contributed by atoms with Gasteiger partial charge < -0.3 is 15.3 Å². The number of amides is 2. The highest BCUT2D eigenvalue weighted by Gasteiger charge is 2.29. The summed E-state index contributed by atoms with van der Waals surface area (Å²) in [7, 11) is 0. The summed E-state index contributed by atoms with van der Waals surface area (Å²) in [5, 5.41) is 10.8. The van der Waals surface area contributed by atoms with Gasteiger partial charge in [-0.25, -0.2) is 0 Å². The van der Waals surface area contributed by atoms with Gasteiger partial charge in [-0.2, -0.15) is 0 Å². The van der Waals surface area contributed by atoms with Crippen LogP contribution in [-0.4, -0.2) is 47.4 Å². The maximum Gasteiger partial charge on any atom is 0.322 e. The van der Waals surface area contributed by atoms with E-state index in [-0.39, 0.29) is 24.3 Å². The van der Waals surface area contributed by atoms with Gasteiger partial charge in [-0.1, -0.05) is 6.08 Å². The number of nitrogens with zero attached hydrogens (tertiary/aromatic N) is 1. The lowest BCUT2D eigenvalue weighted by molar-refractivity contribution is -0.141. The number of carboxylic acid groups (broad SMARTS) is 1. The van der Waals surface area contributed by atoms with Gasteiger partial charge in [-0.3, -0.25) is 14.4 Å². The third kappa shape index (κ3) is 3.90. The molecule has 0 aromatic heterocycles. The Labute approximate surface area is 99.3 Å². The molecule has 0 aromatic rings. The molecule has 1 rings (SSSR count). The fraction of sp³-hybridized carbons (Fsp3) is 0.545. The van der Waals surface area contributed by atoms with E-state index >= 15 is 0 Å². The van der Waals surface area contributed by atoms with E-state index in [2.05, 4.69) is 11.9 Å². The summed E-state index contributed by atoms with van der Waals surface area (Å²) in [6, 6.07) is 0. The predicted octanol–water partition coefficient (Wildman–Crippen LogP) is -0.388. The van der Waals surface area contributed by atoms with E-state index in [0.717, 1.165) is 0 Å². The van der Waals surface area contributed by atoms with Crippen LogP contribution in [0.25, 0.3) is 0 Å². The van der Waals surface area contributed by atoms with Crippen molar-refractivity contribution in [3.05, 3.63) is 12.7 Å². The number of carboxylic acids is 1. The van der Waals surface area contributed by atoms with E-state index in [4.69, 9.17) is 5.11 Å². The van der Waals surface area contributed by atoms with Gasteiger partial charge in [-0.05, 0) is 6.42 Å². The highest BCUT2D eigenvalue weighted by molar-refractivity contribution is 5.86. The van der Waals surface area contributed by atoms with Gasteiger partial charge in [0.1, 0.15) is 6.54 Å². The molecule has 17 heavy (non-hydrogen) atoms. The zero-order chi connectivity index (χ0) is 12.8. The van der Waals surface area contributed by atoms with Crippen molar-refractivity contribution < 1.29 is 19.5 Å². The first-order valence-electron chi connectivity index (χ1n) is 5.42. The Bertz CT molecular complexity index is 340. The Morgan fingerprint density at radius 1 is 1.59 bits per heavy atom. The molecular weight excluding hydrogens is 224 g/mol. The Morgan fingerprint density at radius 3 is 2.88 bits per heavy atom. The van der Waals surface area contributed by atoms with Gasteiger partial charge in [0.25, 0.3) is 0 Å². The van der Waals surface area contributed by atoms with Crippen molar-refractivity contribution in [2.75, 3.05) is 19.6 Å². The smallest absolute Gasteiger partial charge is 0.322 e. The van der Waals surface area contributed by atoms with Gasteiger partial charge in [0.2, 0.25) is 11.8 Å². The Kier molecular flexibility index (Phi) is 4.68. The molecule has 1 atom stereocenters. The highest BCUT2D eigenvalue weighted by atomic mass is 16.4. The van der Waals surface area contributed by atoms with Crippen molar-refractivity contribution in [1.29, 1.82) is 0 Å². The summed E-state index contributed by atoms with van der Waals surface area (Å²) in [5.41, 5.74) is 0. The van der Waals surface area contributed by atoms with Crippen molar-refractivity contribution in [3.8, 4) is 0 Å². The molecule has 0 saturated carbocycles. The minimum absolute atomic E-state index is 0.00665. The van der Waals surface area contributed by atoms with Gasteiger partial charge in [0.05, 0.1) is 5.92 Å². The predicted molar refractivity (Wildman–Crippen MR) is 60.1 cm³/mol. The van der Waals surface area contributed by atoms with E-state index in [1.165, 1.54) is 0 Å². The van der Waals surface area contributed by atoms with E-state index in [1.54, 1.807) is 11.0 Å². The quantitative estimate of drug-likeness (QED) is 0.641. The maximum atomic E-state index is 11.6. The molecule has 6 nitrogen and oxygen atoms in total. The molecule has 0 radical (unpaired) electrons. The molecule has 0 unspecified atom stereocenters. The molecule has 1 fully saturated rings. The molecule has 0 bridgehead atoms. The first-order chi connectivity index (χ1) is 8.04. The number of piperidine rings is 1. The molecule has 1 heterocycles. The van der Waals surface area contributed by atoms with Crippen LogP contribution in [0.3, 0.4) is 0 Å². The summed E-state index contributed by atoms with van der Waals surface area (Å²) < 4.78 is 0. The first kappa shape index (κ1) is 13.2. The maximum absolute atomic E-state index is 11.6. The summed E-state index contributed by atoms with van der Waals surface area (Å²) >= 11 is 0. The first-order valence-corrected chi connectivity index (χ1v) is 5.42. The van der Waals surface area contributed by atoms with Crippen molar-refractivity contribution in [1.82, 2.24) is 10.2 Å². The zero-order valence-corrected chi connectivity index (χ0v) is 9.52. The molecule has 1 saturated heterocycles. The monoisotopic (exact) mass is 240 g/mol. The van der Waals surface area contributed by atoms with Crippen LogP contribution < -0.4 is 5.32 Å². The molecule has 1 aliphatic heterocycles. The van der Waals surface area contributed by atoms with Crippen molar-refractivity contribution in [2.24, 2.45) is 5.92 Å². The lowest BCUT2D eigenvalue weighted by atomic mass is 9.96. The SMILES string of the molecule is C=CCN1C[C@H](C(=O)NCC(=O)O)CCC1=O. The second-order valence-corrected chi connectivity index (χ2v) is 3.93. The molecule has 0 aliphatic carbocycles. The molecule has 2 N–H and O–H groups in total. The van der Waals surface area contributed by atoms with Crippen molar-refractivity contribution in [3.63, 3.8) is 0 Å². The van der Waals surface area contributed by atoms with Gasteiger partial charge in [-0.15, -0.1) is 6.58 Å². The van der Waals surface area contributed by atoms with Gasteiger partial charge in [0.15, 0.2) is 0 Å². The lowest BCUT2D eigenvalue weighted by Crippen LogP contribution is -2.46. The second kappa shape index (κ2) is 6.03. The second-order valence-electron chi connectivity index (χ2n) is 3.93. The molecule has 0 aromatic carbocycles. The minimum atomic E-state index is -1.08. The number of carbonyl (C=O) groups is 3. The largest absolute Gasteiger partial charge is 0.480 e. The molecule has 2 amide bonds. The van der Waals surface area contributed by atoms with Gasteiger partial charge in [0, 0.05) is 19.5 Å². The third-order valence-electron chi connectivity index (χ3n) is 2.63. The van der Waals surface area contributed by atoms with Gasteiger partial charge >= 0.3 is 5.97 Å². The zero-order valence-electron chi connectivity index (χ0n) is 9.52. The highest BCUT2D eigenvalue weighted by Crippen LogP contribution is 2.17. The van der Waals surface area contributed by atoms with Crippen LogP contribution in [0.2, 0.25) is 0 Å². The van der Waals surface area contributed by atoms with E-state index in [1.807, 2.05) is 0 Å². The van der Waals surface area contributed by atoms with Crippen LogP contribution >= 0.6 is 0 Å². The van der Waals surface area contributed by atoms with E-state index in [0.29, 0.717) is 25.9 Å². The van der Waals surface area contributed by atoms with Crippen LogP contribution in [0.5, 0.6) is 0 Å². The molecule has 94 valence electrons. The Balaban J connectivity index is 2.49. The van der Waals surface area contributed by atoms with Crippen molar-refractivity contribution >= 4 is 17.8 Å². The number of likely N-dealkylation sites (tertiary alicyclic amines) is 1. The lowest BCUT2D eigenvalue weighted by Gasteiger charge is -2.30. The molecular formula is C11H16N2O4. The van der Waals surface area contributed by atoms with Crippen LogP contribution in [0.15, 0.2) is 12.7 Å². The number of nitrogens with one attached hydrogen (secondary N) is 1. The van der Waals surface area contributed by atoms with Crippen LogP contribution in [-0.2, 0) is 14.4 Å². The minimum Gasteiger partial charge on any atom is -0.480 e. The van der Waals surface area contributed by atoms with Crippen molar-refractivity contribution in [2.45, 2.75) is 12.8 Å². The number of carbonyl (C=O) groups excluding carboxylic acids is 2. The number of hydrogen-bond donors (Lipinski definition) is 2. The number of rotatable bonds is 5. The van der Waals surface area contributed by atoms with E-state index in [9.17, 15) is 14.4 Å². The van der Waals surface area contributed by atoms with Crippen LogP contribution in [0.1, 0.15) is 12.8 Å². The fourth-order valence-electron chi connectivity index (χ4n) is 1.77. The summed E-state index contributed by atoms with van der Waals surface area (Å²) in [6.45, 7) is 3.91. The molecule has 1 aliphatic rings.